The van der Waals surface area contributed by atoms with E-state index in [4.69, 9.17) is 19.7 Å². The van der Waals surface area contributed by atoms with Crippen LogP contribution in [0.5, 0.6) is 11.5 Å². The van der Waals surface area contributed by atoms with E-state index in [1.807, 2.05) is 0 Å². The Bertz CT molecular complexity index is 529. The molecule has 0 amide bonds. The quantitative estimate of drug-likeness (QED) is 0.639. The predicted molar refractivity (Wildman–Crippen MR) is 60.8 cm³/mol. The highest BCUT2D eigenvalue weighted by molar-refractivity contribution is 7.89. The summed E-state index contributed by atoms with van der Waals surface area (Å²) < 4.78 is 36.0. The van der Waals surface area contributed by atoms with Gasteiger partial charge in [0, 0.05) is 12.6 Å². The van der Waals surface area contributed by atoms with Crippen molar-refractivity contribution in [3.63, 3.8) is 0 Å². The summed E-state index contributed by atoms with van der Waals surface area (Å²) in [5.41, 5.74) is 0. The number of fused-ring (bicyclic) bond motifs is 1. The van der Waals surface area contributed by atoms with E-state index in [0.29, 0.717) is 11.5 Å². The monoisotopic (exact) mass is 275 g/mol. The van der Waals surface area contributed by atoms with Crippen molar-refractivity contribution in [1.29, 1.82) is 0 Å². The van der Waals surface area contributed by atoms with Crippen molar-refractivity contribution in [1.82, 2.24) is 4.72 Å². The van der Waals surface area contributed by atoms with Crippen molar-refractivity contribution in [2.24, 2.45) is 0 Å². The number of hydrogen-bond acceptors (Lipinski definition) is 6. The van der Waals surface area contributed by atoms with Gasteiger partial charge in [0.15, 0.2) is 11.5 Å². The van der Waals surface area contributed by atoms with Crippen LogP contribution >= 0.6 is 0 Å². The molecule has 0 bridgehead atoms. The molecular formula is C10H13NO6S. The molecule has 0 aromatic heterocycles. The fraction of sp³-hybridized carbons (Fsp3) is 0.400. The fourth-order valence-electron chi connectivity index (χ4n) is 1.40. The van der Waals surface area contributed by atoms with Gasteiger partial charge in [0.05, 0.1) is 17.6 Å². The minimum Gasteiger partial charge on any atom is -0.454 e. The second-order valence-electron chi connectivity index (χ2n) is 3.70. The van der Waals surface area contributed by atoms with Gasteiger partial charge in [-0.2, -0.15) is 0 Å². The largest absolute Gasteiger partial charge is 0.454 e. The molecule has 18 heavy (non-hydrogen) atoms. The molecule has 3 N–H and O–H groups in total. The highest BCUT2D eigenvalue weighted by Crippen LogP contribution is 2.33. The van der Waals surface area contributed by atoms with Crippen LogP contribution in [0, 0.1) is 0 Å². The van der Waals surface area contributed by atoms with Crippen molar-refractivity contribution in [3.8, 4) is 11.5 Å². The van der Waals surface area contributed by atoms with E-state index in [9.17, 15) is 8.42 Å². The second kappa shape index (κ2) is 5.11. The summed E-state index contributed by atoms with van der Waals surface area (Å²) in [6.07, 6.45) is -1.13. The third-order valence-electron chi connectivity index (χ3n) is 2.37. The lowest BCUT2D eigenvalue weighted by atomic mass is 10.3. The number of aliphatic hydroxyl groups is 2. The van der Waals surface area contributed by atoms with Gasteiger partial charge in [0.25, 0.3) is 0 Å². The topological polar surface area (TPSA) is 105 Å². The summed E-state index contributed by atoms with van der Waals surface area (Å²) in [6, 6.07) is 4.22. The standard InChI is InChI=1S/C10H13NO6S/c12-5-7(13)4-11-18(14,15)8-1-2-9-10(3-8)17-6-16-9/h1-3,7,11-13H,4-6H2/t7-/m0/s1. The first kappa shape index (κ1) is 13.1. The Labute approximate surface area is 104 Å². The molecule has 7 nitrogen and oxygen atoms in total. The number of benzene rings is 1. The van der Waals surface area contributed by atoms with Crippen LogP contribution in [-0.4, -0.2) is 44.7 Å². The molecule has 1 aliphatic rings. The van der Waals surface area contributed by atoms with Gasteiger partial charge in [0.2, 0.25) is 16.8 Å². The Morgan fingerprint density at radius 3 is 2.78 bits per heavy atom. The van der Waals surface area contributed by atoms with E-state index in [1.165, 1.54) is 18.2 Å². The van der Waals surface area contributed by atoms with Gasteiger partial charge >= 0.3 is 0 Å². The third-order valence-corrected chi connectivity index (χ3v) is 3.80. The zero-order valence-electron chi connectivity index (χ0n) is 9.37. The molecule has 1 aromatic rings. The molecule has 0 fully saturated rings. The molecule has 1 heterocycles. The maximum absolute atomic E-state index is 11.9. The third kappa shape index (κ3) is 2.72. The van der Waals surface area contributed by atoms with Crippen LogP contribution in [0.4, 0.5) is 0 Å². The number of nitrogens with one attached hydrogen (secondary N) is 1. The van der Waals surface area contributed by atoms with E-state index >= 15 is 0 Å². The lowest BCUT2D eigenvalue weighted by Crippen LogP contribution is -2.33. The molecule has 0 spiro atoms. The first-order chi connectivity index (χ1) is 8.53. The zero-order chi connectivity index (χ0) is 13.2. The van der Waals surface area contributed by atoms with Crippen molar-refractivity contribution in [2.75, 3.05) is 19.9 Å². The van der Waals surface area contributed by atoms with Gasteiger partial charge in [0.1, 0.15) is 0 Å². The molecule has 0 unspecified atom stereocenters. The first-order valence-corrected chi connectivity index (χ1v) is 6.69. The molecule has 0 aliphatic carbocycles. The minimum atomic E-state index is -3.74. The minimum absolute atomic E-state index is 0.0110. The van der Waals surface area contributed by atoms with E-state index < -0.39 is 22.7 Å². The molecule has 1 aromatic carbocycles. The molecule has 100 valence electrons. The van der Waals surface area contributed by atoms with Gasteiger partial charge in [-0.25, -0.2) is 13.1 Å². The van der Waals surface area contributed by atoms with Crippen LogP contribution in [0.2, 0.25) is 0 Å². The van der Waals surface area contributed by atoms with Gasteiger partial charge in [-0.1, -0.05) is 0 Å². The van der Waals surface area contributed by atoms with Crippen LogP contribution in [0.3, 0.4) is 0 Å². The maximum atomic E-state index is 11.9. The average molecular weight is 275 g/mol. The first-order valence-electron chi connectivity index (χ1n) is 5.21. The van der Waals surface area contributed by atoms with Gasteiger partial charge in [-0.3, -0.25) is 0 Å². The lowest BCUT2D eigenvalue weighted by molar-refractivity contribution is 0.0988. The highest BCUT2D eigenvalue weighted by Gasteiger charge is 2.20. The van der Waals surface area contributed by atoms with E-state index in [1.54, 1.807) is 0 Å². The summed E-state index contributed by atoms with van der Waals surface area (Å²) >= 11 is 0. The normalized spacial score (nSPS) is 15.7. The Kier molecular flexibility index (Phi) is 3.71. The number of ether oxygens (including phenoxy) is 2. The number of rotatable bonds is 5. The SMILES string of the molecule is O=S(=O)(NC[C@H](O)CO)c1ccc2c(c1)OCO2. The van der Waals surface area contributed by atoms with E-state index in [-0.39, 0.29) is 18.2 Å². The molecule has 8 heteroatoms. The van der Waals surface area contributed by atoms with Crippen molar-refractivity contribution >= 4 is 10.0 Å². The van der Waals surface area contributed by atoms with Crippen LogP contribution in [0.1, 0.15) is 0 Å². The Hall–Kier alpha value is -1.35. The Morgan fingerprint density at radius 1 is 1.33 bits per heavy atom. The van der Waals surface area contributed by atoms with E-state index in [0.717, 1.165) is 0 Å². The Morgan fingerprint density at radius 2 is 2.06 bits per heavy atom. The lowest BCUT2D eigenvalue weighted by Gasteiger charge is -2.10. The maximum Gasteiger partial charge on any atom is 0.240 e. The molecule has 1 aliphatic heterocycles. The highest BCUT2D eigenvalue weighted by atomic mass is 32.2. The van der Waals surface area contributed by atoms with Gasteiger partial charge in [-0.05, 0) is 12.1 Å². The smallest absolute Gasteiger partial charge is 0.240 e. The van der Waals surface area contributed by atoms with Crippen LogP contribution in [-0.2, 0) is 10.0 Å². The molecule has 0 radical (unpaired) electrons. The summed E-state index contributed by atoms with van der Waals surface area (Å²) in [5.74, 6) is 0.852. The van der Waals surface area contributed by atoms with Crippen molar-refractivity contribution in [2.45, 2.75) is 11.0 Å². The number of sulfonamides is 1. The predicted octanol–water partition coefficient (Wildman–Crippen LogP) is -0.953. The summed E-state index contributed by atoms with van der Waals surface area (Å²) in [4.78, 5) is 0.0110. The van der Waals surface area contributed by atoms with Gasteiger partial charge in [-0.15, -0.1) is 0 Å². The molecular weight excluding hydrogens is 262 g/mol. The van der Waals surface area contributed by atoms with Crippen molar-refractivity contribution in [3.05, 3.63) is 18.2 Å². The second-order valence-corrected chi connectivity index (χ2v) is 5.47. The van der Waals surface area contributed by atoms with E-state index in [2.05, 4.69) is 4.72 Å². The fourth-order valence-corrected chi connectivity index (χ4v) is 2.49. The zero-order valence-corrected chi connectivity index (χ0v) is 10.2. The molecule has 0 saturated heterocycles. The summed E-state index contributed by atoms with van der Waals surface area (Å²) in [5, 5.41) is 17.7. The van der Waals surface area contributed by atoms with Crippen LogP contribution in [0.25, 0.3) is 0 Å². The molecule has 2 rings (SSSR count). The average Bonchev–Trinajstić information content (AvgIpc) is 2.83. The van der Waals surface area contributed by atoms with Crippen LogP contribution in [0.15, 0.2) is 23.1 Å². The number of hydrogen-bond donors (Lipinski definition) is 3. The molecule has 1 atom stereocenters. The molecule has 0 saturated carbocycles. The van der Waals surface area contributed by atoms with Gasteiger partial charge < -0.3 is 19.7 Å². The van der Waals surface area contributed by atoms with Crippen LogP contribution < -0.4 is 14.2 Å². The summed E-state index contributed by atoms with van der Waals surface area (Å²) in [6.45, 7) is -0.702. The summed E-state index contributed by atoms with van der Waals surface area (Å²) in [7, 11) is -3.74. The number of aliphatic hydroxyl groups excluding tert-OH is 2. The Balaban J connectivity index is 2.15. The van der Waals surface area contributed by atoms with Crippen molar-refractivity contribution < 1.29 is 28.1 Å².